The predicted octanol–water partition coefficient (Wildman–Crippen LogP) is 3.27. The van der Waals surface area contributed by atoms with Gasteiger partial charge in [-0.1, -0.05) is 35.9 Å². The van der Waals surface area contributed by atoms with Crippen molar-refractivity contribution in [1.29, 1.82) is 0 Å². The van der Waals surface area contributed by atoms with Gasteiger partial charge in [0.05, 0.1) is 23.4 Å². The monoisotopic (exact) mass is 456 g/mol. The molecule has 3 fully saturated rings. The van der Waals surface area contributed by atoms with E-state index >= 15 is 0 Å². The van der Waals surface area contributed by atoms with Gasteiger partial charge in [0.1, 0.15) is 5.75 Å². The third-order valence-corrected chi connectivity index (χ3v) is 7.57. The van der Waals surface area contributed by atoms with Gasteiger partial charge < -0.3 is 9.64 Å². The maximum atomic E-state index is 13.1. The molecule has 0 N–H and O–H groups in total. The zero-order valence-electron chi connectivity index (χ0n) is 18.7. The zero-order chi connectivity index (χ0) is 23.6. The van der Waals surface area contributed by atoms with Gasteiger partial charge in [-0.2, -0.15) is 0 Å². The van der Waals surface area contributed by atoms with Crippen molar-refractivity contribution in [1.82, 2.24) is 0 Å². The molecule has 2 saturated heterocycles. The molecular formula is C27H24N2O5. The quantitative estimate of drug-likeness (QED) is 0.305. The summed E-state index contributed by atoms with van der Waals surface area (Å²) in [6.07, 6.45) is 5.07. The van der Waals surface area contributed by atoms with Gasteiger partial charge in [-0.25, -0.2) is 4.90 Å². The molecule has 7 heteroatoms. The highest BCUT2D eigenvalue weighted by Gasteiger charge is 2.59. The lowest BCUT2D eigenvalue weighted by Crippen LogP contribution is -2.32. The van der Waals surface area contributed by atoms with Gasteiger partial charge in [0.15, 0.2) is 0 Å². The van der Waals surface area contributed by atoms with Crippen LogP contribution in [0.15, 0.2) is 60.7 Å². The maximum absolute atomic E-state index is 13.1. The Morgan fingerprint density at radius 2 is 1.59 bits per heavy atom. The molecule has 0 radical (unpaired) electrons. The van der Waals surface area contributed by atoms with Crippen LogP contribution in [0.25, 0.3) is 0 Å². The number of aryl methyl sites for hydroxylation is 1. The van der Waals surface area contributed by atoms with Gasteiger partial charge in [-0.15, -0.1) is 0 Å². The van der Waals surface area contributed by atoms with Crippen LogP contribution in [0.1, 0.15) is 18.4 Å². The molecule has 5 atom stereocenters. The predicted molar refractivity (Wildman–Crippen MR) is 124 cm³/mol. The number of hydrogen-bond donors (Lipinski definition) is 0. The van der Waals surface area contributed by atoms with E-state index in [2.05, 4.69) is 12.2 Å². The van der Waals surface area contributed by atoms with Crippen LogP contribution in [0, 0.1) is 36.5 Å². The van der Waals surface area contributed by atoms with E-state index in [-0.39, 0.29) is 60.1 Å². The summed E-state index contributed by atoms with van der Waals surface area (Å²) in [6.45, 7) is 2.23. The number of hydrogen-bond acceptors (Lipinski definition) is 5. The van der Waals surface area contributed by atoms with Gasteiger partial charge in [0.2, 0.25) is 17.7 Å². The number of esters is 1. The molecule has 0 spiro atoms. The average Bonchev–Trinajstić information content (AvgIpc) is 3.58. The van der Waals surface area contributed by atoms with Crippen LogP contribution in [0.4, 0.5) is 11.4 Å². The van der Waals surface area contributed by atoms with Crippen LogP contribution in [0.2, 0.25) is 0 Å². The molecule has 4 aliphatic rings. The molecule has 0 aromatic heterocycles. The summed E-state index contributed by atoms with van der Waals surface area (Å²) in [5.74, 6) is -1.62. The largest absolute Gasteiger partial charge is 0.426 e. The smallest absolute Gasteiger partial charge is 0.316 e. The van der Waals surface area contributed by atoms with E-state index in [1.54, 1.807) is 29.2 Å². The highest BCUT2D eigenvalue weighted by atomic mass is 16.5. The molecule has 2 aliphatic heterocycles. The van der Waals surface area contributed by atoms with Crippen molar-refractivity contribution in [3.63, 3.8) is 0 Å². The molecule has 2 aromatic rings. The van der Waals surface area contributed by atoms with Gasteiger partial charge in [-0.3, -0.25) is 19.2 Å². The third kappa shape index (κ3) is 3.18. The highest BCUT2D eigenvalue weighted by Crippen LogP contribution is 2.53. The lowest BCUT2D eigenvalue weighted by molar-refractivity contribution is -0.139. The summed E-state index contributed by atoms with van der Waals surface area (Å²) in [5.41, 5.74) is 2.26. The van der Waals surface area contributed by atoms with Crippen molar-refractivity contribution in [3.05, 3.63) is 66.2 Å². The molecule has 7 nitrogen and oxygen atoms in total. The number of carbonyl (C=O) groups excluding carboxylic acids is 4. The van der Waals surface area contributed by atoms with Crippen LogP contribution >= 0.6 is 0 Å². The number of allylic oxidation sites excluding steroid dienone is 2. The zero-order valence-corrected chi connectivity index (χ0v) is 18.7. The fraction of sp³-hybridized carbons (Fsp3) is 0.333. The first-order chi connectivity index (χ1) is 16.4. The van der Waals surface area contributed by atoms with Crippen molar-refractivity contribution < 1.29 is 23.9 Å². The highest BCUT2D eigenvalue weighted by molar-refractivity contribution is 6.22. The number of ether oxygens (including phenoxy) is 1. The Morgan fingerprint density at radius 3 is 2.26 bits per heavy atom. The van der Waals surface area contributed by atoms with Crippen molar-refractivity contribution in [3.8, 4) is 5.75 Å². The van der Waals surface area contributed by atoms with Gasteiger partial charge in [0, 0.05) is 24.7 Å². The number of imide groups is 1. The lowest BCUT2D eigenvalue weighted by atomic mass is 9.85. The summed E-state index contributed by atoms with van der Waals surface area (Å²) in [5, 5.41) is 0. The van der Waals surface area contributed by atoms with Gasteiger partial charge in [-0.05, 0) is 49.4 Å². The van der Waals surface area contributed by atoms with Crippen molar-refractivity contribution in [2.75, 3.05) is 16.3 Å². The minimum Gasteiger partial charge on any atom is -0.426 e. The first kappa shape index (κ1) is 20.8. The molecule has 0 unspecified atom stereocenters. The van der Waals surface area contributed by atoms with E-state index in [1.807, 2.05) is 31.2 Å². The molecular weight excluding hydrogens is 432 g/mol. The summed E-state index contributed by atoms with van der Waals surface area (Å²) >= 11 is 0. The lowest BCUT2D eigenvalue weighted by Gasteiger charge is -2.18. The second kappa shape index (κ2) is 7.65. The number of amides is 3. The number of carbonyl (C=O) groups is 4. The first-order valence-corrected chi connectivity index (χ1v) is 11.7. The van der Waals surface area contributed by atoms with E-state index in [4.69, 9.17) is 4.74 Å². The van der Waals surface area contributed by atoms with E-state index in [0.717, 1.165) is 17.7 Å². The minimum absolute atomic E-state index is 0.0780. The second-order valence-corrected chi connectivity index (χ2v) is 9.67. The second-order valence-electron chi connectivity index (χ2n) is 9.67. The summed E-state index contributed by atoms with van der Waals surface area (Å²) in [4.78, 5) is 54.4. The topological polar surface area (TPSA) is 84.0 Å². The van der Waals surface area contributed by atoms with Crippen LogP contribution in [-0.4, -0.2) is 30.2 Å². The van der Waals surface area contributed by atoms with Crippen LogP contribution < -0.4 is 14.5 Å². The molecule has 2 heterocycles. The molecule has 1 saturated carbocycles. The van der Waals surface area contributed by atoms with Crippen LogP contribution in [0.3, 0.4) is 0 Å². The number of nitrogens with zero attached hydrogens (tertiary/aromatic N) is 2. The normalized spacial score (nSPS) is 29.3. The van der Waals surface area contributed by atoms with Crippen molar-refractivity contribution in [2.24, 2.45) is 29.6 Å². The van der Waals surface area contributed by atoms with E-state index in [9.17, 15) is 19.2 Å². The number of rotatable bonds is 4. The fourth-order valence-corrected chi connectivity index (χ4v) is 5.88. The molecule has 3 amide bonds. The van der Waals surface area contributed by atoms with E-state index < -0.39 is 11.9 Å². The molecule has 2 aliphatic carbocycles. The summed E-state index contributed by atoms with van der Waals surface area (Å²) < 4.78 is 5.59. The molecule has 2 aromatic carbocycles. The Bertz CT molecular complexity index is 1220. The Hall–Kier alpha value is -3.74. The fourth-order valence-electron chi connectivity index (χ4n) is 5.88. The number of anilines is 2. The van der Waals surface area contributed by atoms with Crippen molar-refractivity contribution >= 4 is 35.1 Å². The molecule has 34 heavy (non-hydrogen) atoms. The number of benzene rings is 2. The number of fused-ring (bicyclic) bond motifs is 5. The van der Waals surface area contributed by atoms with Crippen LogP contribution in [-0.2, 0) is 19.2 Å². The van der Waals surface area contributed by atoms with Gasteiger partial charge >= 0.3 is 5.97 Å². The standard InChI is InChI=1S/C27H24N2O5/c1-15-5-9-19(10-6-15)28-14-18(12-22(28)30)27(33)34-21-4-2-3-20(13-21)29-25(31)23-16-7-8-17(11-16)24(23)26(29)32/h2-10,13,16-18,23-24H,11-12,14H2,1H3/t16-,17-,18-,23-,24-/m0/s1. The molecule has 2 bridgehead atoms. The van der Waals surface area contributed by atoms with E-state index in [1.165, 1.54) is 4.90 Å². The SMILES string of the molecule is Cc1ccc(N2C[C@@H](C(=O)Oc3cccc(N4C(=O)[C@@H]5[C@@H](C4=O)[C@H]4C=C[C@H]5C4)c3)CC2=O)cc1. The molecule has 6 rings (SSSR count). The Balaban J connectivity index is 1.16. The Kier molecular flexibility index (Phi) is 4.69. The summed E-state index contributed by atoms with van der Waals surface area (Å²) in [6, 6.07) is 14.1. The average molecular weight is 456 g/mol. The maximum Gasteiger partial charge on any atom is 0.316 e. The first-order valence-electron chi connectivity index (χ1n) is 11.7. The minimum atomic E-state index is -0.589. The Labute approximate surface area is 197 Å². The van der Waals surface area contributed by atoms with Crippen molar-refractivity contribution in [2.45, 2.75) is 19.8 Å². The van der Waals surface area contributed by atoms with Gasteiger partial charge in [0.25, 0.3) is 0 Å². The van der Waals surface area contributed by atoms with E-state index in [0.29, 0.717) is 5.69 Å². The molecule has 172 valence electrons. The third-order valence-electron chi connectivity index (χ3n) is 7.57. The van der Waals surface area contributed by atoms with Crippen LogP contribution in [0.5, 0.6) is 5.75 Å². The Morgan fingerprint density at radius 1 is 0.912 bits per heavy atom. The summed E-state index contributed by atoms with van der Waals surface area (Å²) in [7, 11) is 0.